The van der Waals surface area contributed by atoms with E-state index in [4.69, 9.17) is 4.74 Å². The molecule has 1 rings (SSSR count). The predicted molar refractivity (Wildman–Crippen MR) is 68.2 cm³/mol. The fourth-order valence-corrected chi connectivity index (χ4v) is 1.84. The molecule has 1 aliphatic rings. The van der Waals surface area contributed by atoms with Gasteiger partial charge in [-0.3, -0.25) is 9.59 Å². The molecule has 0 bridgehead atoms. The lowest BCUT2D eigenvalue weighted by Crippen LogP contribution is -2.52. The molecule has 2 amide bonds. The summed E-state index contributed by atoms with van der Waals surface area (Å²) in [5.41, 5.74) is -0.890. The van der Waals surface area contributed by atoms with Crippen LogP contribution in [0, 0.1) is 0 Å². The molecule has 0 aromatic rings. The Morgan fingerprint density at radius 3 is 2.39 bits per heavy atom. The van der Waals surface area contributed by atoms with Crippen LogP contribution in [0.3, 0.4) is 0 Å². The third kappa shape index (κ3) is 3.68. The number of methoxy groups -OCH3 is 1. The Bertz CT molecular complexity index is 312. The molecule has 18 heavy (non-hydrogen) atoms. The first-order valence-corrected chi connectivity index (χ1v) is 6.17. The number of nitrogens with zero attached hydrogens (tertiary/aromatic N) is 2. The highest BCUT2D eigenvalue weighted by Gasteiger charge is 2.31. The molecule has 0 aromatic carbocycles. The normalized spacial score (nSPS) is 16.6. The first kappa shape index (κ1) is 14.9. The minimum Gasteiger partial charge on any atom is -0.369 e. The van der Waals surface area contributed by atoms with Crippen LogP contribution in [0.2, 0.25) is 0 Å². The van der Waals surface area contributed by atoms with Crippen molar-refractivity contribution < 1.29 is 14.3 Å². The van der Waals surface area contributed by atoms with Crippen molar-refractivity contribution >= 4 is 11.8 Å². The third-order valence-corrected chi connectivity index (χ3v) is 3.21. The quantitative estimate of drug-likeness (QED) is 0.723. The van der Waals surface area contributed by atoms with Gasteiger partial charge in [0.2, 0.25) is 5.91 Å². The highest BCUT2D eigenvalue weighted by molar-refractivity contribution is 5.88. The van der Waals surface area contributed by atoms with Gasteiger partial charge in [0, 0.05) is 40.3 Å². The van der Waals surface area contributed by atoms with Crippen LogP contribution in [0.15, 0.2) is 0 Å². The van der Waals surface area contributed by atoms with Gasteiger partial charge in [-0.05, 0) is 13.8 Å². The van der Waals surface area contributed by atoms with E-state index in [0.717, 1.165) is 13.1 Å². The lowest BCUT2D eigenvalue weighted by atomic mass is 10.1. The Hall–Kier alpha value is -1.14. The lowest BCUT2D eigenvalue weighted by molar-refractivity contribution is -0.153. The molecule has 1 fully saturated rings. The predicted octanol–water partition coefficient (Wildman–Crippen LogP) is -0.698. The van der Waals surface area contributed by atoms with Crippen molar-refractivity contribution in [3.05, 3.63) is 0 Å². The van der Waals surface area contributed by atoms with E-state index in [1.54, 1.807) is 25.8 Å². The second-order valence-corrected chi connectivity index (χ2v) is 5.01. The van der Waals surface area contributed by atoms with Crippen molar-refractivity contribution in [1.82, 2.24) is 15.1 Å². The van der Waals surface area contributed by atoms with E-state index >= 15 is 0 Å². The van der Waals surface area contributed by atoms with Crippen molar-refractivity contribution in [1.29, 1.82) is 0 Å². The smallest absolute Gasteiger partial charge is 0.254 e. The second kappa shape index (κ2) is 6.15. The maximum Gasteiger partial charge on any atom is 0.254 e. The number of carbonyl (C=O) groups is 2. The highest BCUT2D eigenvalue weighted by Crippen LogP contribution is 2.11. The zero-order valence-electron chi connectivity index (χ0n) is 11.7. The summed E-state index contributed by atoms with van der Waals surface area (Å²) in [6.45, 7) is 6.52. The van der Waals surface area contributed by atoms with Crippen LogP contribution >= 0.6 is 0 Å². The Morgan fingerprint density at radius 1 is 1.33 bits per heavy atom. The number of hydrogen-bond acceptors (Lipinski definition) is 4. The third-order valence-electron chi connectivity index (χ3n) is 3.21. The summed E-state index contributed by atoms with van der Waals surface area (Å²) in [5, 5.41) is 3.18. The molecule has 1 aliphatic heterocycles. The van der Waals surface area contributed by atoms with Gasteiger partial charge < -0.3 is 19.9 Å². The number of nitrogens with one attached hydrogen (secondary N) is 1. The Balaban J connectivity index is 2.50. The molecule has 1 heterocycles. The number of rotatable bonds is 4. The summed E-state index contributed by atoms with van der Waals surface area (Å²) in [5.74, 6) is -0.201. The molecule has 6 nitrogen and oxygen atoms in total. The first-order valence-electron chi connectivity index (χ1n) is 6.17. The van der Waals surface area contributed by atoms with E-state index in [-0.39, 0.29) is 18.4 Å². The van der Waals surface area contributed by atoms with Crippen LogP contribution in [0.5, 0.6) is 0 Å². The Morgan fingerprint density at radius 2 is 1.89 bits per heavy atom. The summed E-state index contributed by atoms with van der Waals surface area (Å²) < 4.78 is 5.12. The summed E-state index contributed by atoms with van der Waals surface area (Å²) in [6.07, 6.45) is 0. The zero-order valence-corrected chi connectivity index (χ0v) is 11.7. The van der Waals surface area contributed by atoms with Crippen LogP contribution in [0.1, 0.15) is 13.8 Å². The highest BCUT2D eigenvalue weighted by atomic mass is 16.5. The molecule has 0 saturated carbocycles. The van der Waals surface area contributed by atoms with Gasteiger partial charge >= 0.3 is 0 Å². The molecule has 1 saturated heterocycles. The van der Waals surface area contributed by atoms with Gasteiger partial charge in [0.1, 0.15) is 5.60 Å². The molecule has 104 valence electrons. The van der Waals surface area contributed by atoms with Crippen molar-refractivity contribution in [3.63, 3.8) is 0 Å². The van der Waals surface area contributed by atoms with E-state index in [1.807, 2.05) is 0 Å². The molecule has 0 aliphatic carbocycles. The average Bonchev–Trinajstić information content (AvgIpc) is 2.38. The maximum atomic E-state index is 12.0. The number of hydrogen-bond donors (Lipinski definition) is 1. The standard InChI is InChI=1S/C12H23N3O3/c1-12(2,18-4)11(17)14(3)9-10(16)15-7-5-13-6-8-15/h13H,5-9H2,1-4H3. The summed E-state index contributed by atoms with van der Waals surface area (Å²) in [4.78, 5) is 27.2. The van der Waals surface area contributed by atoms with Gasteiger partial charge in [0.15, 0.2) is 0 Å². The topological polar surface area (TPSA) is 61.9 Å². The summed E-state index contributed by atoms with van der Waals surface area (Å²) in [7, 11) is 3.12. The van der Waals surface area contributed by atoms with Gasteiger partial charge in [0.05, 0.1) is 6.54 Å². The molecule has 0 radical (unpaired) electrons. The monoisotopic (exact) mass is 257 g/mol. The van der Waals surface area contributed by atoms with Crippen LogP contribution in [-0.4, -0.2) is 74.1 Å². The maximum absolute atomic E-state index is 12.0. The van der Waals surface area contributed by atoms with Crippen molar-refractivity contribution in [3.8, 4) is 0 Å². The summed E-state index contributed by atoms with van der Waals surface area (Å²) >= 11 is 0. The fraction of sp³-hybridized carbons (Fsp3) is 0.833. The Kier molecular flexibility index (Phi) is 5.10. The van der Waals surface area contributed by atoms with Gasteiger partial charge in [-0.2, -0.15) is 0 Å². The van der Waals surface area contributed by atoms with Gasteiger partial charge in [-0.1, -0.05) is 0 Å². The van der Waals surface area contributed by atoms with Crippen LogP contribution in [-0.2, 0) is 14.3 Å². The van der Waals surface area contributed by atoms with Gasteiger partial charge in [0.25, 0.3) is 5.91 Å². The van der Waals surface area contributed by atoms with Gasteiger partial charge in [-0.25, -0.2) is 0 Å². The summed E-state index contributed by atoms with van der Waals surface area (Å²) in [6, 6.07) is 0. The first-order chi connectivity index (χ1) is 8.38. The lowest BCUT2D eigenvalue weighted by Gasteiger charge is -2.31. The van der Waals surface area contributed by atoms with Crippen molar-refractivity contribution in [2.75, 3.05) is 46.9 Å². The number of ether oxygens (including phenoxy) is 1. The van der Waals surface area contributed by atoms with E-state index in [0.29, 0.717) is 13.1 Å². The van der Waals surface area contributed by atoms with E-state index < -0.39 is 5.60 Å². The Labute approximate surface area is 108 Å². The molecule has 0 spiro atoms. The van der Waals surface area contributed by atoms with E-state index in [2.05, 4.69) is 5.32 Å². The van der Waals surface area contributed by atoms with E-state index in [9.17, 15) is 9.59 Å². The number of likely N-dealkylation sites (N-methyl/N-ethyl adjacent to an activating group) is 1. The largest absolute Gasteiger partial charge is 0.369 e. The fourth-order valence-electron chi connectivity index (χ4n) is 1.84. The van der Waals surface area contributed by atoms with Gasteiger partial charge in [-0.15, -0.1) is 0 Å². The van der Waals surface area contributed by atoms with Crippen molar-refractivity contribution in [2.24, 2.45) is 0 Å². The minimum absolute atomic E-state index is 0.0146. The second-order valence-electron chi connectivity index (χ2n) is 5.01. The average molecular weight is 257 g/mol. The molecule has 0 aromatic heterocycles. The van der Waals surface area contributed by atoms with Crippen LogP contribution in [0.4, 0.5) is 0 Å². The number of carbonyl (C=O) groups excluding carboxylic acids is 2. The SMILES string of the molecule is COC(C)(C)C(=O)N(C)CC(=O)N1CCNCC1. The number of piperazine rings is 1. The van der Waals surface area contributed by atoms with Crippen molar-refractivity contribution in [2.45, 2.75) is 19.4 Å². The minimum atomic E-state index is -0.890. The molecular formula is C12H23N3O3. The van der Waals surface area contributed by atoms with Crippen LogP contribution < -0.4 is 5.32 Å². The zero-order chi connectivity index (χ0) is 13.8. The molecule has 6 heteroatoms. The molecule has 0 unspecified atom stereocenters. The molecular weight excluding hydrogens is 234 g/mol. The molecule has 0 atom stereocenters. The number of amides is 2. The van der Waals surface area contributed by atoms with Crippen LogP contribution in [0.25, 0.3) is 0 Å². The van der Waals surface area contributed by atoms with E-state index in [1.165, 1.54) is 12.0 Å². The molecule has 1 N–H and O–H groups in total.